The van der Waals surface area contributed by atoms with Gasteiger partial charge in [-0.3, -0.25) is 16.6 Å². The third-order valence-corrected chi connectivity index (χ3v) is 1.81. The Bertz CT molecular complexity index is 151. The van der Waals surface area contributed by atoms with E-state index in [9.17, 15) is 0 Å². The lowest BCUT2D eigenvalue weighted by Crippen LogP contribution is -2.31. The fraction of sp³-hybridized carbons (Fsp3) is 0.900. The second-order valence-corrected chi connectivity index (χ2v) is 2.83. The van der Waals surface area contributed by atoms with Crippen LogP contribution in [0.4, 0.5) is 0 Å². The summed E-state index contributed by atoms with van der Waals surface area (Å²) in [6.07, 6.45) is 0. The molecule has 0 bridgehead atoms. The Kier molecular flexibility index (Phi) is 18.5. The molecule has 0 fully saturated rings. The summed E-state index contributed by atoms with van der Waals surface area (Å²) in [4.78, 5) is 2.03. The van der Waals surface area contributed by atoms with Crippen molar-refractivity contribution in [2.45, 2.75) is 13.8 Å². The first kappa shape index (κ1) is 17.7. The Balaban J connectivity index is 0. The number of nitrogens with two attached hydrogens (primary N) is 2. The van der Waals surface area contributed by atoms with Gasteiger partial charge in [0.1, 0.15) is 0 Å². The van der Waals surface area contributed by atoms with Crippen LogP contribution in [0.2, 0.25) is 0 Å². The van der Waals surface area contributed by atoms with Crippen molar-refractivity contribution in [3.8, 4) is 6.07 Å². The summed E-state index contributed by atoms with van der Waals surface area (Å²) < 4.78 is 10.4. The van der Waals surface area contributed by atoms with Crippen molar-refractivity contribution in [1.29, 1.82) is 5.26 Å². The first-order valence-corrected chi connectivity index (χ1v) is 5.43. The van der Waals surface area contributed by atoms with E-state index in [1.807, 2.05) is 18.7 Å². The molecule has 0 aliphatic carbocycles. The summed E-state index contributed by atoms with van der Waals surface area (Å²) in [6, 6.07) is 2.14. The van der Waals surface area contributed by atoms with E-state index in [4.69, 9.17) is 14.7 Å². The number of hydrogen-bond acceptors (Lipinski definition) is 6. The van der Waals surface area contributed by atoms with Crippen molar-refractivity contribution in [1.82, 2.24) is 4.90 Å². The van der Waals surface area contributed by atoms with Gasteiger partial charge in [0.2, 0.25) is 0 Å². The standard InChI is InChI=1S/C10H20N2O2.H4N2/c1-3-13-9-7-12(6-5-11)8-10-14-4-2;1-2/h3-4,6-10H2,1-2H3;1-2H2. The monoisotopic (exact) mass is 232 g/mol. The van der Waals surface area contributed by atoms with E-state index in [1.54, 1.807) is 0 Å². The molecule has 0 spiro atoms. The molecule has 96 valence electrons. The van der Waals surface area contributed by atoms with Gasteiger partial charge in [0.25, 0.3) is 0 Å². The molecule has 0 aromatic carbocycles. The topological polar surface area (TPSA) is 97.5 Å². The van der Waals surface area contributed by atoms with Gasteiger partial charge >= 0.3 is 0 Å². The minimum Gasteiger partial charge on any atom is -0.380 e. The molecule has 4 N–H and O–H groups in total. The van der Waals surface area contributed by atoms with Gasteiger partial charge in [-0.05, 0) is 13.8 Å². The number of nitrogens with zero attached hydrogens (tertiary/aromatic N) is 2. The summed E-state index contributed by atoms with van der Waals surface area (Å²) in [7, 11) is 0. The zero-order valence-electron chi connectivity index (χ0n) is 10.3. The second-order valence-electron chi connectivity index (χ2n) is 2.83. The first-order chi connectivity index (χ1) is 7.85. The van der Waals surface area contributed by atoms with Crippen LogP contribution in [0.25, 0.3) is 0 Å². The molecule has 0 aliphatic heterocycles. The molecule has 0 heterocycles. The Morgan fingerprint density at radius 3 is 1.81 bits per heavy atom. The van der Waals surface area contributed by atoms with Gasteiger partial charge in [0.05, 0.1) is 25.8 Å². The third-order valence-electron chi connectivity index (χ3n) is 1.81. The Morgan fingerprint density at radius 2 is 1.50 bits per heavy atom. The second kappa shape index (κ2) is 16.7. The minimum atomic E-state index is 0.445. The molecule has 16 heavy (non-hydrogen) atoms. The molecule has 0 atom stereocenters. The molecule has 0 rings (SSSR count). The van der Waals surface area contributed by atoms with Crippen LogP contribution in [0.3, 0.4) is 0 Å². The van der Waals surface area contributed by atoms with Crippen LogP contribution in [0, 0.1) is 11.3 Å². The molecule has 0 radical (unpaired) electrons. The van der Waals surface area contributed by atoms with E-state index in [1.165, 1.54) is 0 Å². The summed E-state index contributed by atoms with van der Waals surface area (Å²) >= 11 is 0. The lowest BCUT2D eigenvalue weighted by atomic mass is 10.4. The van der Waals surface area contributed by atoms with E-state index in [2.05, 4.69) is 17.8 Å². The Morgan fingerprint density at radius 1 is 1.06 bits per heavy atom. The Hall–Kier alpha value is -0.710. The van der Waals surface area contributed by atoms with Crippen LogP contribution in [-0.2, 0) is 9.47 Å². The van der Waals surface area contributed by atoms with Gasteiger partial charge in [-0.15, -0.1) is 0 Å². The van der Waals surface area contributed by atoms with Crippen LogP contribution < -0.4 is 11.7 Å². The average molecular weight is 232 g/mol. The van der Waals surface area contributed by atoms with E-state index < -0.39 is 0 Å². The van der Waals surface area contributed by atoms with Gasteiger partial charge in [0, 0.05) is 26.3 Å². The lowest BCUT2D eigenvalue weighted by Gasteiger charge is -2.18. The molecule has 0 saturated carbocycles. The summed E-state index contributed by atoms with van der Waals surface area (Å²) in [5.74, 6) is 8.00. The number of rotatable bonds is 9. The number of hydrogen-bond donors (Lipinski definition) is 2. The molecule has 0 aliphatic rings. The van der Waals surface area contributed by atoms with Gasteiger partial charge in [0.15, 0.2) is 0 Å². The fourth-order valence-electron chi connectivity index (χ4n) is 1.05. The molecule has 0 aromatic rings. The lowest BCUT2D eigenvalue weighted by molar-refractivity contribution is 0.0884. The van der Waals surface area contributed by atoms with E-state index in [0.717, 1.165) is 26.3 Å². The normalized spacial score (nSPS) is 9.50. The van der Waals surface area contributed by atoms with Crippen molar-refractivity contribution in [2.24, 2.45) is 11.7 Å². The Labute approximate surface area is 98.1 Å². The molecule has 0 amide bonds. The highest BCUT2D eigenvalue weighted by Crippen LogP contribution is 1.89. The third kappa shape index (κ3) is 13.3. The molecule has 0 aromatic heterocycles. The van der Waals surface area contributed by atoms with Crippen molar-refractivity contribution in [3.05, 3.63) is 0 Å². The fourth-order valence-corrected chi connectivity index (χ4v) is 1.05. The van der Waals surface area contributed by atoms with Crippen LogP contribution in [-0.4, -0.2) is 51.0 Å². The maximum absolute atomic E-state index is 8.58. The van der Waals surface area contributed by atoms with E-state index >= 15 is 0 Å². The maximum atomic E-state index is 8.58. The van der Waals surface area contributed by atoms with Gasteiger partial charge in [-0.25, -0.2) is 0 Å². The summed E-state index contributed by atoms with van der Waals surface area (Å²) in [5.41, 5.74) is 0. The van der Waals surface area contributed by atoms with Gasteiger partial charge in [-0.1, -0.05) is 0 Å². The van der Waals surface area contributed by atoms with Gasteiger partial charge in [-0.2, -0.15) is 5.26 Å². The van der Waals surface area contributed by atoms with Crippen molar-refractivity contribution in [2.75, 3.05) is 46.1 Å². The predicted octanol–water partition coefficient (Wildman–Crippen LogP) is -0.296. The quantitative estimate of drug-likeness (QED) is 0.245. The van der Waals surface area contributed by atoms with Crippen LogP contribution >= 0.6 is 0 Å². The first-order valence-electron chi connectivity index (χ1n) is 5.43. The number of ether oxygens (including phenoxy) is 2. The van der Waals surface area contributed by atoms with Crippen LogP contribution in [0.15, 0.2) is 0 Å². The number of hydrazine groups is 1. The highest BCUT2D eigenvalue weighted by atomic mass is 16.5. The smallest absolute Gasteiger partial charge is 0.0867 e. The SMILES string of the molecule is CCOCCN(CC#N)CCOCC.NN. The summed E-state index contributed by atoms with van der Waals surface area (Å²) in [6.45, 7) is 8.80. The van der Waals surface area contributed by atoms with Crippen molar-refractivity contribution < 1.29 is 9.47 Å². The number of nitriles is 1. The summed E-state index contributed by atoms with van der Waals surface area (Å²) in [5, 5.41) is 8.58. The van der Waals surface area contributed by atoms with Crippen molar-refractivity contribution in [3.63, 3.8) is 0 Å². The van der Waals surface area contributed by atoms with Crippen molar-refractivity contribution >= 4 is 0 Å². The highest BCUT2D eigenvalue weighted by molar-refractivity contribution is 4.76. The van der Waals surface area contributed by atoms with E-state index in [-0.39, 0.29) is 0 Å². The molecule has 0 unspecified atom stereocenters. The zero-order valence-corrected chi connectivity index (χ0v) is 10.3. The molecule has 6 heteroatoms. The zero-order chi connectivity index (χ0) is 12.6. The van der Waals surface area contributed by atoms with E-state index in [0.29, 0.717) is 19.8 Å². The maximum Gasteiger partial charge on any atom is 0.0867 e. The largest absolute Gasteiger partial charge is 0.380 e. The predicted molar refractivity (Wildman–Crippen MR) is 63.4 cm³/mol. The molecular weight excluding hydrogens is 208 g/mol. The van der Waals surface area contributed by atoms with Crippen LogP contribution in [0.1, 0.15) is 13.8 Å². The molecule has 0 saturated heterocycles. The minimum absolute atomic E-state index is 0.445. The average Bonchev–Trinajstić information content (AvgIpc) is 2.32. The molecule has 6 nitrogen and oxygen atoms in total. The van der Waals surface area contributed by atoms with Gasteiger partial charge < -0.3 is 9.47 Å². The highest BCUT2D eigenvalue weighted by Gasteiger charge is 2.02. The molecular formula is C10H24N4O2. The van der Waals surface area contributed by atoms with Crippen LogP contribution in [0.5, 0.6) is 0 Å².